The van der Waals surface area contributed by atoms with Crippen LogP contribution in [0.5, 0.6) is 0 Å². The summed E-state index contributed by atoms with van der Waals surface area (Å²) in [5.41, 5.74) is 0.759. The topological polar surface area (TPSA) is 46.6 Å². The van der Waals surface area contributed by atoms with E-state index < -0.39 is 24.3 Å². The molecule has 1 amide bonds. The highest BCUT2D eigenvalue weighted by Gasteiger charge is 2.40. The van der Waals surface area contributed by atoms with Crippen molar-refractivity contribution < 1.29 is 23.1 Å². The maximum atomic E-state index is 13.1. The summed E-state index contributed by atoms with van der Waals surface area (Å²) < 4.78 is 30.8. The first-order valence-electron chi connectivity index (χ1n) is 5.88. The van der Waals surface area contributed by atoms with Gasteiger partial charge < -0.3 is 4.74 Å². The van der Waals surface area contributed by atoms with Gasteiger partial charge in [-0.3, -0.25) is 9.69 Å². The second-order valence-electron chi connectivity index (χ2n) is 4.35. The van der Waals surface area contributed by atoms with Crippen LogP contribution >= 0.6 is 0 Å². The van der Waals surface area contributed by atoms with Crippen LogP contribution in [-0.2, 0) is 16.1 Å². The van der Waals surface area contributed by atoms with Crippen molar-refractivity contribution in [1.29, 1.82) is 0 Å². The number of ether oxygens (including phenoxy) is 1. The highest BCUT2D eigenvalue weighted by molar-refractivity contribution is 5.81. The highest BCUT2D eigenvalue weighted by atomic mass is 19.1. The normalized spacial score (nSPS) is 22.3. The van der Waals surface area contributed by atoms with Crippen molar-refractivity contribution in [3.05, 3.63) is 35.9 Å². The van der Waals surface area contributed by atoms with E-state index in [2.05, 4.69) is 0 Å². The van der Waals surface area contributed by atoms with Gasteiger partial charge in [0.25, 0.3) is 0 Å². The summed E-state index contributed by atoms with van der Waals surface area (Å²) in [6.07, 6.45) is -2.58. The monoisotopic (exact) mass is 269 g/mol. The van der Waals surface area contributed by atoms with E-state index in [0.717, 1.165) is 10.5 Å². The molecule has 1 heterocycles. The lowest BCUT2D eigenvalue weighted by Gasteiger charge is -2.20. The van der Waals surface area contributed by atoms with Crippen LogP contribution < -0.4 is 0 Å². The quantitative estimate of drug-likeness (QED) is 0.790. The molecule has 2 atom stereocenters. The Morgan fingerprint density at radius 2 is 2.00 bits per heavy atom. The van der Waals surface area contributed by atoms with Gasteiger partial charge in [-0.1, -0.05) is 30.3 Å². The first kappa shape index (κ1) is 13.5. The van der Waals surface area contributed by atoms with Crippen molar-refractivity contribution in [1.82, 2.24) is 4.90 Å². The average molecular weight is 269 g/mol. The number of nitrogens with zero attached hydrogens (tertiary/aromatic N) is 1. The molecule has 2 rings (SSSR count). The van der Waals surface area contributed by atoms with Crippen molar-refractivity contribution in [3.8, 4) is 0 Å². The van der Waals surface area contributed by atoms with Crippen molar-refractivity contribution >= 4 is 12.1 Å². The number of alkyl halides is 1. The molecular formula is C13H13F2NO3. The number of benzene rings is 1. The molecule has 6 heteroatoms. The maximum absolute atomic E-state index is 13.1. The molecule has 102 valence electrons. The van der Waals surface area contributed by atoms with Gasteiger partial charge in [0.2, 0.25) is 0 Å². The molecular weight excluding hydrogens is 256 g/mol. The van der Waals surface area contributed by atoms with Crippen LogP contribution in [0.25, 0.3) is 0 Å². The summed E-state index contributed by atoms with van der Waals surface area (Å²) >= 11 is 0. The molecule has 1 aliphatic heterocycles. The van der Waals surface area contributed by atoms with Crippen LogP contribution in [0.3, 0.4) is 0 Å². The minimum atomic E-state index is -1.71. The smallest absolute Gasteiger partial charge is 0.410 e. The summed E-state index contributed by atoms with van der Waals surface area (Å²) in [7, 11) is 0. The molecule has 0 aromatic heterocycles. The molecule has 1 aromatic rings. The first-order chi connectivity index (χ1) is 9.08. The lowest BCUT2D eigenvalue weighted by molar-refractivity contribution is -0.133. The number of rotatable bonds is 3. The van der Waals surface area contributed by atoms with Crippen molar-refractivity contribution in [2.45, 2.75) is 25.2 Å². The number of hydrogen-bond acceptors (Lipinski definition) is 3. The van der Waals surface area contributed by atoms with E-state index in [0.29, 0.717) is 0 Å². The summed E-state index contributed by atoms with van der Waals surface area (Å²) in [5, 5.41) is 0. The lowest BCUT2D eigenvalue weighted by Crippen LogP contribution is -2.39. The standard InChI is InChI=1S/C13H13F2NO3/c14-10-6-11(12(15)17)16(7-10)13(18)19-8-9-4-2-1-3-5-9/h1-5,10-11H,6-8H2/t10-,11-/m0/s1. The predicted molar refractivity (Wildman–Crippen MR) is 62.7 cm³/mol. The Balaban J connectivity index is 1.94. The first-order valence-corrected chi connectivity index (χ1v) is 5.88. The summed E-state index contributed by atoms with van der Waals surface area (Å²) in [6, 6.07) is 5.82. The van der Waals surface area contributed by atoms with Crippen molar-refractivity contribution in [2.75, 3.05) is 6.54 Å². The van der Waals surface area contributed by atoms with Crippen LogP contribution in [-0.4, -0.2) is 35.8 Å². The summed E-state index contributed by atoms with van der Waals surface area (Å²) in [5.74, 6) is 0. The molecule has 0 spiro atoms. The maximum Gasteiger partial charge on any atom is 0.410 e. The number of carbonyl (C=O) groups excluding carboxylic acids is 2. The number of halogens is 2. The van der Waals surface area contributed by atoms with E-state index in [9.17, 15) is 18.4 Å². The Bertz CT molecular complexity index is 466. The fourth-order valence-corrected chi connectivity index (χ4v) is 2.00. The molecule has 0 unspecified atom stereocenters. The van der Waals surface area contributed by atoms with Crippen molar-refractivity contribution in [2.24, 2.45) is 0 Å². The Kier molecular flexibility index (Phi) is 4.09. The molecule has 0 bridgehead atoms. The van der Waals surface area contributed by atoms with Gasteiger partial charge in [-0.2, -0.15) is 4.39 Å². The lowest BCUT2D eigenvalue weighted by atomic mass is 10.2. The van der Waals surface area contributed by atoms with Gasteiger partial charge in [-0.25, -0.2) is 9.18 Å². The third-order valence-electron chi connectivity index (χ3n) is 2.95. The van der Waals surface area contributed by atoms with E-state index in [4.69, 9.17) is 4.74 Å². The Labute approximate surface area is 109 Å². The van der Waals surface area contributed by atoms with E-state index >= 15 is 0 Å². The molecule has 4 nitrogen and oxygen atoms in total. The third-order valence-corrected chi connectivity index (χ3v) is 2.95. The molecule has 0 N–H and O–H groups in total. The largest absolute Gasteiger partial charge is 0.445 e. The summed E-state index contributed by atoms with van der Waals surface area (Å²) in [6.45, 7) is -0.311. The zero-order chi connectivity index (χ0) is 13.8. The van der Waals surface area contributed by atoms with E-state index in [1.54, 1.807) is 24.3 Å². The second-order valence-corrected chi connectivity index (χ2v) is 4.35. The minimum absolute atomic E-state index is 0.000319. The predicted octanol–water partition coefficient (Wildman–Crippen LogP) is 2.23. The van der Waals surface area contributed by atoms with E-state index in [1.165, 1.54) is 0 Å². The van der Waals surface area contributed by atoms with Crippen LogP contribution in [0, 0.1) is 0 Å². The van der Waals surface area contributed by atoms with Crippen LogP contribution in [0.4, 0.5) is 13.6 Å². The van der Waals surface area contributed by atoms with Gasteiger partial charge in [0.1, 0.15) is 18.8 Å². The molecule has 0 saturated carbocycles. The molecule has 0 radical (unpaired) electrons. The number of amides is 1. The Morgan fingerprint density at radius 3 is 2.63 bits per heavy atom. The van der Waals surface area contributed by atoms with E-state index in [1.807, 2.05) is 6.07 Å². The SMILES string of the molecule is O=C(F)[C@@H]1C[C@H](F)CN1C(=O)OCc1ccccc1. The average Bonchev–Trinajstić information content (AvgIpc) is 2.79. The fourth-order valence-electron chi connectivity index (χ4n) is 2.00. The van der Waals surface area contributed by atoms with Crippen LogP contribution in [0.1, 0.15) is 12.0 Å². The van der Waals surface area contributed by atoms with Crippen LogP contribution in [0.2, 0.25) is 0 Å². The zero-order valence-electron chi connectivity index (χ0n) is 10.1. The van der Waals surface area contributed by atoms with E-state index in [-0.39, 0.29) is 19.6 Å². The zero-order valence-corrected chi connectivity index (χ0v) is 10.1. The number of likely N-dealkylation sites (tertiary alicyclic amines) is 1. The molecule has 1 aliphatic rings. The number of hydrogen-bond donors (Lipinski definition) is 0. The highest BCUT2D eigenvalue weighted by Crippen LogP contribution is 2.22. The Hall–Kier alpha value is -1.98. The molecule has 1 aromatic carbocycles. The van der Waals surface area contributed by atoms with Crippen molar-refractivity contribution in [3.63, 3.8) is 0 Å². The number of carbonyl (C=O) groups is 2. The molecule has 1 saturated heterocycles. The van der Waals surface area contributed by atoms with Gasteiger partial charge in [-0.05, 0) is 5.56 Å². The van der Waals surface area contributed by atoms with Gasteiger partial charge in [-0.15, -0.1) is 0 Å². The van der Waals surface area contributed by atoms with Gasteiger partial charge >= 0.3 is 12.1 Å². The third kappa shape index (κ3) is 3.27. The van der Waals surface area contributed by atoms with Gasteiger partial charge in [0, 0.05) is 6.42 Å². The Morgan fingerprint density at radius 1 is 1.32 bits per heavy atom. The molecule has 1 fully saturated rings. The second kappa shape index (κ2) is 5.77. The summed E-state index contributed by atoms with van der Waals surface area (Å²) in [4.78, 5) is 23.2. The minimum Gasteiger partial charge on any atom is -0.445 e. The van der Waals surface area contributed by atoms with Crippen LogP contribution in [0.15, 0.2) is 30.3 Å². The fraction of sp³-hybridized carbons (Fsp3) is 0.385. The molecule has 0 aliphatic carbocycles. The van der Waals surface area contributed by atoms with Gasteiger partial charge in [0.05, 0.1) is 6.54 Å². The molecule has 19 heavy (non-hydrogen) atoms. The van der Waals surface area contributed by atoms with Gasteiger partial charge in [0.15, 0.2) is 0 Å².